The van der Waals surface area contributed by atoms with Gasteiger partial charge in [-0.2, -0.15) is 0 Å². The Labute approximate surface area is 113 Å². The van der Waals surface area contributed by atoms with Crippen LogP contribution >= 0.6 is 23.2 Å². The van der Waals surface area contributed by atoms with E-state index in [2.05, 4.69) is 10.3 Å². The maximum Gasteiger partial charge on any atom is 0.259 e. The number of aromatic nitrogens is 1. The number of anilines is 1. The second kappa shape index (κ2) is 5.33. The highest BCUT2D eigenvalue weighted by atomic mass is 35.5. The lowest BCUT2D eigenvalue weighted by Gasteiger charge is -2.05. The fraction of sp³-hybridized carbons (Fsp3) is 0. The molecule has 1 heterocycles. The predicted molar refractivity (Wildman–Crippen MR) is 68.6 cm³/mol. The normalized spacial score (nSPS) is 10.2. The minimum atomic E-state index is -0.693. The minimum Gasteiger partial charge on any atom is -0.306 e. The number of nitrogens with one attached hydrogen (secondary N) is 1. The number of pyridine rings is 1. The molecule has 0 atom stereocenters. The molecule has 18 heavy (non-hydrogen) atoms. The summed E-state index contributed by atoms with van der Waals surface area (Å²) in [6.45, 7) is 0. The van der Waals surface area contributed by atoms with Gasteiger partial charge in [0.2, 0.25) is 0 Å². The molecule has 0 aliphatic carbocycles. The molecule has 0 aliphatic heterocycles. The molecule has 6 heteroatoms. The Kier molecular flexibility index (Phi) is 3.79. The summed E-state index contributed by atoms with van der Waals surface area (Å²) in [6.07, 6.45) is 0. The molecule has 0 saturated carbocycles. The summed E-state index contributed by atoms with van der Waals surface area (Å²) in [5.74, 6) is -1.05. The third-order valence-corrected chi connectivity index (χ3v) is 2.58. The molecular formula is C12H7Cl2FN2O. The molecule has 1 aromatic carbocycles. The SMILES string of the molecule is O=C(Nc1cccc(Cl)n1)c1ccc(Cl)cc1F. The van der Waals surface area contributed by atoms with Gasteiger partial charge in [0.1, 0.15) is 16.8 Å². The Morgan fingerprint density at radius 3 is 2.67 bits per heavy atom. The predicted octanol–water partition coefficient (Wildman–Crippen LogP) is 3.78. The first-order chi connectivity index (χ1) is 8.56. The Morgan fingerprint density at radius 1 is 1.22 bits per heavy atom. The maximum absolute atomic E-state index is 13.5. The summed E-state index contributed by atoms with van der Waals surface area (Å²) in [7, 11) is 0. The van der Waals surface area contributed by atoms with Crippen molar-refractivity contribution in [2.45, 2.75) is 0 Å². The van der Waals surface area contributed by atoms with Crippen LogP contribution in [0.15, 0.2) is 36.4 Å². The van der Waals surface area contributed by atoms with Crippen LogP contribution in [-0.4, -0.2) is 10.9 Å². The van der Waals surface area contributed by atoms with Crippen LogP contribution in [-0.2, 0) is 0 Å². The number of carbonyl (C=O) groups excluding carboxylic acids is 1. The number of hydrogen-bond donors (Lipinski definition) is 1. The van der Waals surface area contributed by atoms with Crippen LogP contribution in [0, 0.1) is 5.82 Å². The number of amides is 1. The Balaban J connectivity index is 2.22. The van der Waals surface area contributed by atoms with Gasteiger partial charge in [0.25, 0.3) is 5.91 Å². The van der Waals surface area contributed by atoms with E-state index in [1.807, 2.05) is 0 Å². The van der Waals surface area contributed by atoms with Crippen molar-refractivity contribution in [3.63, 3.8) is 0 Å². The van der Waals surface area contributed by atoms with E-state index in [-0.39, 0.29) is 21.6 Å². The summed E-state index contributed by atoms with van der Waals surface area (Å²) in [6, 6.07) is 8.56. The van der Waals surface area contributed by atoms with Crippen LogP contribution in [0.5, 0.6) is 0 Å². The molecule has 0 spiro atoms. The topological polar surface area (TPSA) is 42.0 Å². The minimum absolute atomic E-state index is 0.110. The van der Waals surface area contributed by atoms with Crippen molar-refractivity contribution in [3.05, 3.63) is 58.0 Å². The molecule has 0 bridgehead atoms. The maximum atomic E-state index is 13.5. The molecule has 0 fully saturated rings. The molecule has 1 amide bonds. The van der Waals surface area contributed by atoms with Gasteiger partial charge < -0.3 is 5.32 Å². The van der Waals surface area contributed by atoms with E-state index >= 15 is 0 Å². The lowest BCUT2D eigenvalue weighted by atomic mass is 10.2. The van der Waals surface area contributed by atoms with Gasteiger partial charge in [-0.1, -0.05) is 29.3 Å². The zero-order chi connectivity index (χ0) is 13.1. The molecule has 1 aromatic heterocycles. The Hall–Kier alpha value is -1.65. The van der Waals surface area contributed by atoms with Gasteiger partial charge >= 0.3 is 0 Å². The average molecular weight is 285 g/mol. The first-order valence-corrected chi connectivity index (χ1v) is 5.71. The number of rotatable bonds is 2. The molecule has 0 radical (unpaired) electrons. The van der Waals surface area contributed by atoms with Gasteiger partial charge in [0, 0.05) is 5.02 Å². The van der Waals surface area contributed by atoms with Crippen LogP contribution in [0.2, 0.25) is 10.2 Å². The summed E-state index contributed by atoms with van der Waals surface area (Å²) >= 11 is 11.3. The van der Waals surface area contributed by atoms with E-state index in [9.17, 15) is 9.18 Å². The second-order valence-electron chi connectivity index (χ2n) is 3.42. The third kappa shape index (κ3) is 2.97. The van der Waals surface area contributed by atoms with Crippen LogP contribution in [0.25, 0.3) is 0 Å². The largest absolute Gasteiger partial charge is 0.306 e. The lowest BCUT2D eigenvalue weighted by Crippen LogP contribution is -2.14. The van der Waals surface area contributed by atoms with Crippen LogP contribution < -0.4 is 5.32 Å². The van der Waals surface area contributed by atoms with Crippen LogP contribution in [0.4, 0.5) is 10.2 Å². The Morgan fingerprint density at radius 2 is 2.00 bits per heavy atom. The van der Waals surface area contributed by atoms with Gasteiger partial charge in [0.05, 0.1) is 5.56 Å². The van der Waals surface area contributed by atoms with Crippen LogP contribution in [0.1, 0.15) is 10.4 Å². The molecular weight excluding hydrogens is 278 g/mol. The monoisotopic (exact) mass is 284 g/mol. The van der Waals surface area contributed by atoms with Crippen molar-refractivity contribution >= 4 is 34.9 Å². The van der Waals surface area contributed by atoms with E-state index < -0.39 is 11.7 Å². The Bertz CT molecular complexity index is 604. The smallest absolute Gasteiger partial charge is 0.259 e. The molecule has 0 saturated heterocycles. The fourth-order valence-electron chi connectivity index (χ4n) is 1.34. The van der Waals surface area contributed by atoms with Gasteiger partial charge in [-0.25, -0.2) is 9.37 Å². The van der Waals surface area contributed by atoms with E-state index in [0.29, 0.717) is 0 Å². The van der Waals surface area contributed by atoms with Crippen molar-refractivity contribution in [2.24, 2.45) is 0 Å². The van der Waals surface area contributed by atoms with Crippen molar-refractivity contribution < 1.29 is 9.18 Å². The number of benzene rings is 1. The summed E-state index contributed by atoms with van der Waals surface area (Å²) in [4.78, 5) is 15.7. The van der Waals surface area contributed by atoms with Gasteiger partial charge in [-0.15, -0.1) is 0 Å². The molecule has 92 valence electrons. The molecule has 1 N–H and O–H groups in total. The van der Waals surface area contributed by atoms with Gasteiger partial charge in [0.15, 0.2) is 0 Å². The summed E-state index contributed by atoms with van der Waals surface area (Å²) < 4.78 is 13.5. The van der Waals surface area contributed by atoms with Gasteiger partial charge in [-0.05, 0) is 30.3 Å². The highest BCUT2D eigenvalue weighted by Gasteiger charge is 2.12. The summed E-state index contributed by atoms with van der Waals surface area (Å²) in [5.41, 5.74) is -0.110. The fourth-order valence-corrected chi connectivity index (χ4v) is 1.66. The molecule has 0 aliphatic rings. The quantitative estimate of drug-likeness (QED) is 0.853. The van der Waals surface area contributed by atoms with E-state index in [4.69, 9.17) is 23.2 Å². The zero-order valence-corrected chi connectivity index (χ0v) is 10.5. The highest BCUT2D eigenvalue weighted by Crippen LogP contribution is 2.16. The summed E-state index contributed by atoms with van der Waals surface area (Å²) in [5, 5.41) is 2.91. The zero-order valence-electron chi connectivity index (χ0n) is 8.95. The molecule has 0 unspecified atom stereocenters. The van der Waals surface area contributed by atoms with Crippen molar-refractivity contribution in [2.75, 3.05) is 5.32 Å². The first kappa shape index (κ1) is 12.8. The van der Waals surface area contributed by atoms with Crippen molar-refractivity contribution in [1.82, 2.24) is 4.98 Å². The number of nitrogens with zero attached hydrogens (tertiary/aromatic N) is 1. The second-order valence-corrected chi connectivity index (χ2v) is 4.25. The first-order valence-electron chi connectivity index (χ1n) is 4.95. The van der Waals surface area contributed by atoms with Crippen molar-refractivity contribution in [3.8, 4) is 0 Å². The molecule has 2 rings (SSSR count). The third-order valence-electron chi connectivity index (χ3n) is 2.13. The van der Waals surface area contributed by atoms with E-state index in [1.54, 1.807) is 18.2 Å². The van der Waals surface area contributed by atoms with Crippen molar-refractivity contribution in [1.29, 1.82) is 0 Å². The van der Waals surface area contributed by atoms with E-state index in [0.717, 1.165) is 6.07 Å². The molecule has 2 aromatic rings. The number of halogens is 3. The number of carbonyl (C=O) groups is 1. The average Bonchev–Trinajstić information content (AvgIpc) is 2.28. The van der Waals surface area contributed by atoms with Crippen LogP contribution in [0.3, 0.4) is 0 Å². The lowest BCUT2D eigenvalue weighted by molar-refractivity contribution is 0.102. The van der Waals surface area contributed by atoms with E-state index in [1.165, 1.54) is 12.1 Å². The van der Waals surface area contributed by atoms with Gasteiger partial charge in [-0.3, -0.25) is 4.79 Å². The standard InChI is InChI=1S/C12H7Cl2FN2O/c13-7-4-5-8(9(15)6-7)12(18)17-11-3-1-2-10(14)16-11/h1-6H,(H,16,17,18). The molecule has 3 nitrogen and oxygen atoms in total. The number of hydrogen-bond acceptors (Lipinski definition) is 2. The highest BCUT2D eigenvalue weighted by molar-refractivity contribution is 6.30.